The summed E-state index contributed by atoms with van der Waals surface area (Å²) < 4.78 is -2.04. The Hall–Kier alpha value is -1.76. The number of Topliss-reactive ketones (excluding diaryl/α,β-unsaturated/α-hetero) is 1. The SMILES string of the molecule is CCO/N=C(/CC)C1=C(O)CC(c2c(C)cc(C)c(CNC(=O)C(Cl)(Cl)Cl)c2C)CC1=O. The molecule has 1 aliphatic carbocycles. The number of benzene rings is 1. The molecule has 0 heterocycles. The van der Waals surface area contributed by atoms with E-state index in [1.165, 1.54) is 0 Å². The van der Waals surface area contributed by atoms with E-state index >= 15 is 0 Å². The van der Waals surface area contributed by atoms with Crippen molar-refractivity contribution in [3.63, 3.8) is 0 Å². The van der Waals surface area contributed by atoms with Crippen LogP contribution in [-0.4, -0.2) is 32.9 Å². The lowest BCUT2D eigenvalue weighted by Gasteiger charge is -2.28. The maximum absolute atomic E-state index is 13.0. The van der Waals surface area contributed by atoms with Crippen LogP contribution in [0.4, 0.5) is 0 Å². The van der Waals surface area contributed by atoms with Crippen LogP contribution in [0.3, 0.4) is 0 Å². The van der Waals surface area contributed by atoms with Gasteiger partial charge in [-0.05, 0) is 67.9 Å². The van der Waals surface area contributed by atoms with Gasteiger partial charge < -0.3 is 15.3 Å². The first-order valence-corrected chi connectivity index (χ1v) is 11.6. The van der Waals surface area contributed by atoms with Crippen LogP contribution in [0.2, 0.25) is 0 Å². The molecule has 1 aromatic carbocycles. The van der Waals surface area contributed by atoms with Crippen LogP contribution in [0.25, 0.3) is 0 Å². The first-order valence-electron chi connectivity index (χ1n) is 10.5. The van der Waals surface area contributed by atoms with Gasteiger partial charge in [0, 0.05) is 19.4 Å². The van der Waals surface area contributed by atoms with E-state index in [4.69, 9.17) is 39.6 Å². The summed E-state index contributed by atoms with van der Waals surface area (Å²) in [4.78, 5) is 30.1. The summed E-state index contributed by atoms with van der Waals surface area (Å²) in [6, 6.07) is 2.01. The molecule has 0 radical (unpaired) electrons. The van der Waals surface area contributed by atoms with Gasteiger partial charge in [0.25, 0.3) is 9.70 Å². The highest BCUT2D eigenvalue weighted by Crippen LogP contribution is 2.39. The lowest BCUT2D eigenvalue weighted by molar-refractivity contribution is -0.120. The minimum atomic E-state index is -2.04. The van der Waals surface area contributed by atoms with Gasteiger partial charge in [-0.25, -0.2) is 0 Å². The molecular weight excluding hydrogens is 475 g/mol. The fourth-order valence-corrected chi connectivity index (χ4v) is 4.47. The van der Waals surface area contributed by atoms with E-state index in [1.807, 2.05) is 33.8 Å². The number of nitrogens with zero attached hydrogens (tertiary/aromatic N) is 1. The maximum Gasteiger partial charge on any atom is 0.272 e. The second-order valence-corrected chi connectivity index (χ2v) is 10.1. The van der Waals surface area contributed by atoms with E-state index in [9.17, 15) is 14.7 Å². The number of nitrogens with one attached hydrogen (secondary N) is 1. The zero-order valence-corrected chi connectivity index (χ0v) is 21.2. The van der Waals surface area contributed by atoms with E-state index < -0.39 is 9.70 Å². The lowest BCUT2D eigenvalue weighted by Crippen LogP contribution is -2.34. The molecule has 0 spiro atoms. The summed E-state index contributed by atoms with van der Waals surface area (Å²) in [5.74, 6) is -1.04. The minimum absolute atomic E-state index is 0.0250. The number of hydrogen-bond acceptors (Lipinski definition) is 5. The van der Waals surface area contributed by atoms with Gasteiger partial charge in [0.2, 0.25) is 0 Å². The average Bonchev–Trinajstić information content (AvgIpc) is 2.68. The number of ketones is 1. The van der Waals surface area contributed by atoms with Crippen molar-refractivity contribution in [3.05, 3.63) is 45.2 Å². The van der Waals surface area contributed by atoms with Crippen molar-refractivity contribution in [2.45, 2.75) is 70.1 Å². The Labute approximate surface area is 203 Å². The molecule has 0 bridgehead atoms. The predicted molar refractivity (Wildman–Crippen MR) is 129 cm³/mol. The van der Waals surface area contributed by atoms with Crippen molar-refractivity contribution >= 4 is 52.2 Å². The Balaban J connectivity index is 2.40. The Bertz CT molecular complexity index is 965. The van der Waals surface area contributed by atoms with Crippen molar-refractivity contribution in [3.8, 4) is 0 Å². The van der Waals surface area contributed by atoms with Gasteiger partial charge in [-0.1, -0.05) is 52.9 Å². The lowest BCUT2D eigenvalue weighted by atomic mass is 9.76. The molecule has 0 saturated heterocycles. The van der Waals surface area contributed by atoms with Gasteiger partial charge in [0.05, 0.1) is 11.3 Å². The number of alkyl halides is 3. The molecule has 1 unspecified atom stereocenters. The summed E-state index contributed by atoms with van der Waals surface area (Å²) in [6.45, 7) is 10.1. The smallest absolute Gasteiger partial charge is 0.272 e. The first kappa shape index (κ1) is 26.5. The van der Waals surface area contributed by atoms with Crippen molar-refractivity contribution in [1.29, 1.82) is 0 Å². The fourth-order valence-electron chi connectivity index (χ4n) is 4.27. The number of aliphatic hydroxyl groups is 1. The van der Waals surface area contributed by atoms with Gasteiger partial charge in [-0.15, -0.1) is 0 Å². The molecule has 1 amide bonds. The Kier molecular flexibility index (Phi) is 9.03. The fraction of sp³-hybridized carbons (Fsp3) is 0.522. The number of carbonyl (C=O) groups excluding carboxylic acids is 2. The highest BCUT2D eigenvalue weighted by atomic mass is 35.6. The van der Waals surface area contributed by atoms with Crippen molar-refractivity contribution in [1.82, 2.24) is 5.32 Å². The topological polar surface area (TPSA) is 88.0 Å². The number of allylic oxidation sites excluding steroid dienone is 2. The molecule has 32 heavy (non-hydrogen) atoms. The molecule has 9 heteroatoms. The largest absolute Gasteiger partial charge is 0.511 e. The summed E-state index contributed by atoms with van der Waals surface area (Å²) in [7, 11) is 0. The highest BCUT2D eigenvalue weighted by Gasteiger charge is 2.34. The van der Waals surface area contributed by atoms with Crippen molar-refractivity contribution in [2.75, 3.05) is 6.61 Å². The van der Waals surface area contributed by atoms with Crippen LogP contribution in [0.15, 0.2) is 22.6 Å². The van der Waals surface area contributed by atoms with Crippen molar-refractivity contribution < 1.29 is 19.5 Å². The van der Waals surface area contributed by atoms with Gasteiger partial charge >= 0.3 is 0 Å². The summed E-state index contributed by atoms with van der Waals surface area (Å²) in [6.07, 6.45) is 1.04. The van der Waals surface area contributed by atoms with Crippen LogP contribution in [-0.2, 0) is 21.0 Å². The third kappa shape index (κ3) is 5.97. The predicted octanol–water partition coefficient (Wildman–Crippen LogP) is 5.66. The first-order chi connectivity index (χ1) is 14.9. The molecule has 0 fully saturated rings. The van der Waals surface area contributed by atoms with Gasteiger partial charge in [0.15, 0.2) is 5.78 Å². The minimum Gasteiger partial charge on any atom is -0.511 e. The second-order valence-electron chi connectivity index (χ2n) is 7.87. The number of rotatable bonds is 7. The number of aryl methyl sites for hydroxylation is 2. The van der Waals surface area contributed by atoms with Crippen LogP contribution in [0.1, 0.15) is 66.8 Å². The zero-order valence-electron chi connectivity index (χ0n) is 18.9. The molecule has 2 N–H and O–H groups in total. The number of carbonyl (C=O) groups is 2. The van der Waals surface area contributed by atoms with Gasteiger partial charge in [0.1, 0.15) is 12.4 Å². The molecule has 1 atom stereocenters. The molecule has 1 aliphatic rings. The van der Waals surface area contributed by atoms with E-state index in [2.05, 4.69) is 10.5 Å². The molecule has 176 valence electrons. The number of hydrogen-bond donors (Lipinski definition) is 2. The van der Waals surface area contributed by atoms with Crippen LogP contribution >= 0.6 is 34.8 Å². The quantitative estimate of drug-likeness (QED) is 0.285. The van der Waals surface area contributed by atoms with E-state index in [0.29, 0.717) is 25.2 Å². The summed E-state index contributed by atoms with van der Waals surface area (Å²) in [5.41, 5.74) is 5.53. The van der Waals surface area contributed by atoms with Crippen LogP contribution < -0.4 is 5.32 Å². The number of halogens is 3. The van der Waals surface area contributed by atoms with Crippen LogP contribution in [0, 0.1) is 20.8 Å². The zero-order chi connectivity index (χ0) is 24.2. The van der Waals surface area contributed by atoms with Gasteiger partial charge in [-0.2, -0.15) is 0 Å². The molecule has 1 aromatic rings. The third-order valence-electron chi connectivity index (χ3n) is 5.65. The maximum atomic E-state index is 13.0. The molecular formula is C23H29Cl3N2O4. The number of aliphatic hydroxyl groups excluding tert-OH is 1. The average molecular weight is 504 g/mol. The Morgan fingerprint density at radius 1 is 1.22 bits per heavy atom. The monoisotopic (exact) mass is 502 g/mol. The van der Waals surface area contributed by atoms with E-state index in [0.717, 1.165) is 27.8 Å². The molecule has 0 saturated carbocycles. The normalized spacial score (nSPS) is 17.6. The molecule has 6 nitrogen and oxygen atoms in total. The second kappa shape index (κ2) is 10.9. The summed E-state index contributed by atoms with van der Waals surface area (Å²) in [5, 5.41) is 17.4. The highest BCUT2D eigenvalue weighted by molar-refractivity contribution is 6.76. The third-order valence-corrected chi connectivity index (χ3v) is 6.16. The summed E-state index contributed by atoms with van der Waals surface area (Å²) >= 11 is 17.0. The number of amides is 1. The van der Waals surface area contributed by atoms with Gasteiger partial charge in [-0.3, -0.25) is 9.59 Å². The van der Waals surface area contributed by atoms with Crippen molar-refractivity contribution in [2.24, 2.45) is 5.16 Å². The number of oxime groups is 1. The molecule has 0 aliphatic heterocycles. The van der Waals surface area contributed by atoms with E-state index in [1.54, 1.807) is 6.92 Å². The Morgan fingerprint density at radius 3 is 2.41 bits per heavy atom. The van der Waals surface area contributed by atoms with Crippen LogP contribution in [0.5, 0.6) is 0 Å². The standard InChI is InChI=1S/C23H29Cl3N2O4/c1-6-17(28-32-7-2)21-18(29)9-15(10-19(21)30)20-13(4)8-12(3)16(14(20)5)11-27-22(31)23(24,25)26/h8,15,29H,6-7,9-11H2,1-5H3,(H,27,31)/b28-17-. The van der Waals surface area contributed by atoms with E-state index in [-0.39, 0.29) is 36.0 Å². The Morgan fingerprint density at radius 2 is 1.88 bits per heavy atom. The molecule has 0 aromatic heterocycles. The molecule has 2 rings (SSSR count).